The number of likely N-dealkylation sites (tertiary alicyclic amines) is 1. The van der Waals surface area contributed by atoms with Crippen LogP contribution in [0.25, 0.3) is 0 Å². The average molecular weight is 471 g/mol. The van der Waals surface area contributed by atoms with Gasteiger partial charge in [-0.05, 0) is 31.2 Å². The van der Waals surface area contributed by atoms with E-state index in [2.05, 4.69) is 12.2 Å². The highest BCUT2D eigenvalue weighted by molar-refractivity contribution is 5.96. The van der Waals surface area contributed by atoms with Gasteiger partial charge in [-0.3, -0.25) is 14.4 Å². The topological polar surface area (TPSA) is 95.9 Å². The molecule has 186 valence electrons. The summed E-state index contributed by atoms with van der Waals surface area (Å²) in [5.74, 6) is -2.86. The number of hydrogen-bond donors (Lipinski definition) is 2. The highest BCUT2D eigenvalue weighted by Crippen LogP contribution is 2.47. The summed E-state index contributed by atoms with van der Waals surface area (Å²) in [4.78, 5) is 42.0. The molecule has 1 saturated heterocycles. The first kappa shape index (κ1) is 25.9. The lowest BCUT2D eigenvalue weighted by atomic mass is 9.69. The van der Waals surface area contributed by atoms with Gasteiger partial charge in [-0.15, -0.1) is 0 Å². The number of unbranched alkanes of at least 4 members (excludes halogenated alkanes) is 2. The fourth-order valence-electron chi connectivity index (χ4n) is 5.45. The Labute approximate surface area is 202 Å². The standard InChI is InChI=1S/C27H38N2O5/c1-4-7-11-16-28-25(31)24-20-15-14-18(5-2)22(27(33)34-6-3)23(20)26(32)29(24)21(17-30)19-12-9-8-10-13-19/h8-10,12-15,18,20-24,30H,4-7,11,16-17H2,1-3H3,(H,28,31)/t18-,20+,21-,22-,23-,24+/m1/s1. The lowest BCUT2D eigenvalue weighted by molar-refractivity contribution is -0.156. The summed E-state index contributed by atoms with van der Waals surface area (Å²) in [5.41, 5.74) is 0.754. The molecule has 2 aliphatic rings. The van der Waals surface area contributed by atoms with Crippen LogP contribution >= 0.6 is 0 Å². The number of aliphatic hydroxyl groups excluding tert-OH is 1. The lowest BCUT2D eigenvalue weighted by Crippen LogP contribution is -2.49. The van der Waals surface area contributed by atoms with E-state index in [4.69, 9.17) is 4.74 Å². The molecule has 0 bridgehead atoms. The zero-order chi connectivity index (χ0) is 24.7. The van der Waals surface area contributed by atoms with Crippen molar-refractivity contribution in [3.63, 3.8) is 0 Å². The maximum absolute atomic E-state index is 14.0. The molecule has 6 atom stereocenters. The van der Waals surface area contributed by atoms with E-state index in [-0.39, 0.29) is 30.9 Å². The third-order valence-corrected chi connectivity index (χ3v) is 7.12. The average Bonchev–Trinajstić information content (AvgIpc) is 3.14. The quantitative estimate of drug-likeness (QED) is 0.294. The van der Waals surface area contributed by atoms with Crippen molar-refractivity contribution in [2.24, 2.45) is 23.7 Å². The Kier molecular flexibility index (Phi) is 9.28. The maximum atomic E-state index is 14.0. The molecule has 0 unspecified atom stereocenters. The van der Waals surface area contributed by atoms with E-state index in [0.717, 1.165) is 24.8 Å². The number of ether oxygens (including phenoxy) is 1. The zero-order valence-corrected chi connectivity index (χ0v) is 20.5. The summed E-state index contributed by atoms with van der Waals surface area (Å²) in [6.07, 6.45) is 7.49. The fraction of sp³-hybridized carbons (Fsp3) is 0.593. The van der Waals surface area contributed by atoms with Crippen molar-refractivity contribution in [1.29, 1.82) is 0 Å². The van der Waals surface area contributed by atoms with Crippen molar-refractivity contribution in [3.8, 4) is 0 Å². The molecule has 1 aromatic carbocycles. The van der Waals surface area contributed by atoms with Gasteiger partial charge in [0.2, 0.25) is 11.8 Å². The van der Waals surface area contributed by atoms with Gasteiger partial charge in [0.1, 0.15) is 6.04 Å². The van der Waals surface area contributed by atoms with Crippen LogP contribution in [0.3, 0.4) is 0 Å². The molecule has 7 nitrogen and oxygen atoms in total. The Morgan fingerprint density at radius 2 is 1.85 bits per heavy atom. The third kappa shape index (κ3) is 5.19. The monoisotopic (exact) mass is 470 g/mol. The van der Waals surface area contributed by atoms with Crippen LogP contribution in [-0.2, 0) is 19.1 Å². The van der Waals surface area contributed by atoms with Crippen molar-refractivity contribution in [3.05, 3.63) is 48.0 Å². The Bertz CT molecular complexity index is 871. The predicted octanol–water partition coefficient (Wildman–Crippen LogP) is 3.24. The van der Waals surface area contributed by atoms with Crippen LogP contribution in [0.2, 0.25) is 0 Å². The number of carbonyl (C=O) groups excluding carboxylic acids is 3. The first-order valence-electron chi connectivity index (χ1n) is 12.6. The number of fused-ring (bicyclic) bond motifs is 1. The number of rotatable bonds is 11. The molecule has 34 heavy (non-hydrogen) atoms. The molecule has 3 rings (SSSR count). The summed E-state index contributed by atoms with van der Waals surface area (Å²) in [6.45, 7) is 6.27. The van der Waals surface area contributed by atoms with Gasteiger partial charge >= 0.3 is 5.97 Å². The summed E-state index contributed by atoms with van der Waals surface area (Å²) in [7, 11) is 0. The minimum absolute atomic E-state index is 0.137. The van der Waals surface area contributed by atoms with Crippen LogP contribution in [0.5, 0.6) is 0 Å². The lowest BCUT2D eigenvalue weighted by Gasteiger charge is -2.34. The van der Waals surface area contributed by atoms with Gasteiger partial charge in [-0.2, -0.15) is 0 Å². The van der Waals surface area contributed by atoms with Gasteiger partial charge in [0.25, 0.3) is 0 Å². The van der Waals surface area contributed by atoms with Gasteiger partial charge in [-0.25, -0.2) is 0 Å². The Morgan fingerprint density at radius 1 is 1.12 bits per heavy atom. The molecule has 0 radical (unpaired) electrons. The van der Waals surface area contributed by atoms with Crippen molar-refractivity contribution in [1.82, 2.24) is 10.2 Å². The normalized spacial score (nSPS) is 26.8. The minimum atomic E-state index is -0.803. The SMILES string of the molecule is CCCCCNC(=O)[C@@H]1[C@H]2C=C[C@@H](CC)[C@@H](C(=O)OCC)[C@@H]2C(=O)N1[C@H](CO)c1ccccc1. The van der Waals surface area contributed by atoms with Crippen LogP contribution < -0.4 is 5.32 Å². The second kappa shape index (κ2) is 12.2. The van der Waals surface area contributed by atoms with Crippen LogP contribution in [-0.4, -0.2) is 53.6 Å². The molecule has 0 spiro atoms. The van der Waals surface area contributed by atoms with Crippen LogP contribution in [0.1, 0.15) is 58.1 Å². The Hall–Kier alpha value is -2.67. The highest BCUT2D eigenvalue weighted by Gasteiger charge is 2.58. The summed E-state index contributed by atoms with van der Waals surface area (Å²) < 4.78 is 5.37. The van der Waals surface area contributed by atoms with E-state index in [9.17, 15) is 19.5 Å². The molecular formula is C27H38N2O5. The zero-order valence-electron chi connectivity index (χ0n) is 20.5. The van der Waals surface area contributed by atoms with Gasteiger partial charge in [0.15, 0.2) is 0 Å². The maximum Gasteiger partial charge on any atom is 0.310 e. The van der Waals surface area contributed by atoms with E-state index in [1.54, 1.807) is 6.92 Å². The van der Waals surface area contributed by atoms with Crippen molar-refractivity contribution in [2.45, 2.75) is 58.5 Å². The molecule has 1 aromatic rings. The smallest absolute Gasteiger partial charge is 0.310 e. The number of esters is 1. The molecule has 1 aliphatic heterocycles. The first-order chi connectivity index (χ1) is 16.5. The number of allylic oxidation sites excluding steroid dienone is 1. The van der Waals surface area contributed by atoms with E-state index < -0.39 is 35.8 Å². The summed E-state index contributed by atoms with van der Waals surface area (Å²) in [6, 6.07) is 7.77. The van der Waals surface area contributed by atoms with Gasteiger partial charge in [0, 0.05) is 12.5 Å². The fourth-order valence-corrected chi connectivity index (χ4v) is 5.45. The molecule has 2 amide bonds. The minimum Gasteiger partial charge on any atom is -0.466 e. The number of hydrogen-bond acceptors (Lipinski definition) is 5. The summed E-state index contributed by atoms with van der Waals surface area (Å²) in [5, 5.41) is 13.4. The molecule has 1 aliphatic carbocycles. The van der Waals surface area contributed by atoms with E-state index in [1.807, 2.05) is 49.4 Å². The van der Waals surface area contributed by atoms with E-state index in [0.29, 0.717) is 13.0 Å². The number of aliphatic hydroxyl groups is 1. The first-order valence-corrected chi connectivity index (χ1v) is 12.6. The van der Waals surface area contributed by atoms with Crippen molar-refractivity contribution >= 4 is 17.8 Å². The van der Waals surface area contributed by atoms with Gasteiger partial charge in [0.05, 0.1) is 31.1 Å². The number of carbonyl (C=O) groups is 3. The number of nitrogens with zero attached hydrogens (tertiary/aromatic N) is 1. The second-order valence-electron chi connectivity index (χ2n) is 9.14. The van der Waals surface area contributed by atoms with Crippen molar-refractivity contribution < 1.29 is 24.2 Å². The molecule has 1 fully saturated rings. The van der Waals surface area contributed by atoms with Gasteiger partial charge in [-0.1, -0.05) is 69.2 Å². The highest BCUT2D eigenvalue weighted by atomic mass is 16.5. The molecular weight excluding hydrogens is 432 g/mol. The molecule has 7 heteroatoms. The summed E-state index contributed by atoms with van der Waals surface area (Å²) >= 11 is 0. The molecule has 2 N–H and O–H groups in total. The number of amides is 2. The van der Waals surface area contributed by atoms with Crippen molar-refractivity contribution in [2.75, 3.05) is 19.8 Å². The Balaban J connectivity index is 2.02. The van der Waals surface area contributed by atoms with Crippen LogP contribution in [0.4, 0.5) is 0 Å². The molecule has 0 saturated carbocycles. The van der Waals surface area contributed by atoms with Crippen LogP contribution in [0, 0.1) is 23.7 Å². The van der Waals surface area contributed by atoms with Crippen LogP contribution in [0.15, 0.2) is 42.5 Å². The second-order valence-corrected chi connectivity index (χ2v) is 9.14. The Morgan fingerprint density at radius 3 is 2.47 bits per heavy atom. The largest absolute Gasteiger partial charge is 0.466 e. The predicted molar refractivity (Wildman–Crippen MR) is 129 cm³/mol. The van der Waals surface area contributed by atoms with Gasteiger partial charge < -0.3 is 20.1 Å². The molecule has 1 heterocycles. The molecule has 0 aromatic heterocycles. The van der Waals surface area contributed by atoms with E-state index >= 15 is 0 Å². The number of benzene rings is 1. The number of nitrogens with one attached hydrogen (secondary N) is 1. The third-order valence-electron chi connectivity index (χ3n) is 7.12. The van der Waals surface area contributed by atoms with E-state index in [1.165, 1.54) is 4.90 Å².